The number of anilines is 1. The molecule has 5 nitrogen and oxygen atoms in total. The summed E-state index contributed by atoms with van der Waals surface area (Å²) in [7, 11) is 0. The second-order valence-electron chi connectivity index (χ2n) is 6.41. The highest BCUT2D eigenvalue weighted by Gasteiger charge is 2.38. The Bertz CT molecular complexity index is 811. The largest absolute Gasteiger partial charge is 0.455 e. The summed E-state index contributed by atoms with van der Waals surface area (Å²) < 4.78 is 6.19. The van der Waals surface area contributed by atoms with Crippen LogP contribution in [0.4, 0.5) is 5.69 Å². The lowest BCUT2D eigenvalue weighted by atomic mass is 9.89. The van der Waals surface area contributed by atoms with Gasteiger partial charge in [0.25, 0.3) is 0 Å². The number of nitrogens with two attached hydrogens (primary N) is 1. The van der Waals surface area contributed by atoms with Crippen LogP contribution in [0, 0.1) is 0 Å². The Hall–Kier alpha value is -2.24. The van der Waals surface area contributed by atoms with Gasteiger partial charge in [0, 0.05) is 17.1 Å². The molecule has 1 saturated heterocycles. The Labute approximate surface area is 151 Å². The minimum absolute atomic E-state index is 0.0101. The van der Waals surface area contributed by atoms with Gasteiger partial charge in [-0.1, -0.05) is 29.8 Å². The van der Waals surface area contributed by atoms with Crippen molar-refractivity contribution in [3.8, 4) is 11.5 Å². The highest BCUT2D eigenvalue weighted by atomic mass is 35.5. The monoisotopic (exact) mass is 357 g/mol. The smallest absolute Gasteiger partial charge is 0.234 e. The van der Waals surface area contributed by atoms with Crippen molar-refractivity contribution in [3.05, 3.63) is 53.1 Å². The SMILES string of the molecule is NCC(=O)N[C@@H]1CCCN2c3cc(Cl)ccc3Oc3ccccc3[C@H]12. The number of piperidine rings is 1. The number of nitrogens with one attached hydrogen (secondary N) is 1. The number of carbonyl (C=O) groups excluding carboxylic acids is 1. The molecule has 0 radical (unpaired) electrons. The summed E-state index contributed by atoms with van der Waals surface area (Å²) in [6, 6.07) is 13.6. The molecule has 2 heterocycles. The first-order valence-electron chi connectivity index (χ1n) is 8.50. The van der Waals surface area contributed by atoms with E-state index < -0.39 is 0 Å². The maximum absolute atomic E-state index is 11.9. The first kappa shape index (κ1) is 16.2. The van der Waals surface area contributed by atoms with Crippen molar-refractivity contribution in [2.75, 3.05) is 18.0 Å². The van der Waals surface area contributed by atoms with Gasteiger partial charge in [0.05, 0.1) is 24.3 Å². The summed E-state index contributed by atoms with van der Waals surface area (Å²) in [5.41, 5.74) is 7.54. The number of para-hydroxylation sites is 1. The van der Waals surface area contributed by atoms with Crippen molar-refractivity contribution in [1.82, 2.24) is 5.32 Å². The fraction of sp³-hybridized carbons (Fsp3) is 0.316. The predicted molar refractivity (Wildman–Crippen MR) is 98.3 cm³/mol. The molecular formula is C19H20ClN3O2. The van der Waals surface area contributed by atoms with Gasteiger partial charge in [-0.2, -0.15) is 0 Å². The number of fused-ring (bicyclic) bond motifs is 5. The minimum atomic E-state index is -0.138. The highest BCUT2D eigenvalue weighted by Crippen LogP contribution is 2.48. The molecule has 6 heteroatoms. The molecule has 4 rings (SSSR count). The standard InChI is InChI=1S/C19H20ClN3O2/c20-12-7-8-17-15(10-12)23-9-3-5-14(22-18(24)11-21)19(23)13-4-1-2-6-16(13)25-17/h1-2,4,6-8,10,14,19H,3,5,9,11,21H2,(H,22,24)/t14-,19-/m1/s1. The second kappa shape index (κ2) is 6.58. The molecule has 0 unspecified atom stereocenters. The molecule has 0 saturated carbocycles. The number of hydrogen-bond donors (Lipinski definition) is 2. The van der Waals surface area contributed by atoms with Crippen molar-refractivity contribution in [2.45, 2.75) is 24.9 Å². The molecular weight excluding hydrogens is 338 g/mol. The van der Waals surface area contributed by atoms with Gasteiger partial charge in [-0.3, -0.25) is 4.79 Å². The molecule has 2 aliphatic rings. The molecule has 2 atom stereocenters. The van der Waals surface area contributed by atoms with Crippen LogP contribution in [-0.4, -0.2) is 25.0 Å². The van der Waals surface area contributed by atoms with Gasteiger partial charge >= 0.3 is 0 Å². The number of nitrogens with zero attached hydrogens (tertiary/aromatic N) is 1. The van der Waals surface area contributed by atoms with Gasteiger partial charge in [0.2, 0.25) is 5.91 Å². The summed E-state index contributed by atoms with van der Waals surface area (Å²) in [6.45, 7) is 0.870. The lowest BCUT2D eigenvalue weighted by Gasteiger charge is -2.42. The summed E-state index contributed by atoms with van der Waals surface area (Å²) >= 11 is 6.25. The summed E-state index contributed by atoms with van der Waals surface area (Å²) in [5, 5.41) is 3.75. The Balaban J connectivity index is 1.85. The van der Waals surface area contributed by atoms with Crippen LogP contribution >= 0.6 is 11.6 Å². The molecule has 130 valence electrons. The molecule has 0 bridgehead atoms. The number of amides is 1. The summed E-state index contributed by atoms with van der Waals surface area (Å²) in [5.74, 6) is 1.46. The Kier molecular flexibility index (Phi) is 4.27. The fourth-order valence-corrected chi connectivity index (χ4v) is 3.97. The van der Waals surface area contributed by atoms with Crippen LogP contribution in [0.15, 0.2) is 42.5 Å². The average Bonchev–Trinajstić information content (AvgIpc) is 2.77. The van der Waals surface area contributed by atoms with E-state index in [1.807, 2.05) is 36.4 Å². The van der Waals surface area contributed by atoms with Crippen molar-refractivity contribution in [2.24, 2.45) is 5.73 Å². The fourth-order valence-electron chi connectivity index (χ4n) is 3.81. The van der Waals surface area contributed by atoms with Gasteiger partial charge in [-0.15, -0.1) is 0 Å². The highest BCUT2D eigenvalue weighted by molar-refractivity contribution is 6.31. The minimum Gasteiger partial charge on any atom is -0.455 e. The molecule has 0 aromatic heterocycles. The molecule has 2 aliphatic heterocycles. The predicted octanol–water partition coefficient (Wildman–Crippen LogP) is 3.23. The number of carbonyl (C=O) groups is 1. The number of hydrogen-bond acceptors (Lipinski definition) is 4. The van der Waals surface area contributed by atoms with Crippen LogP contribution in [0.3, 0.4) is 0 Å². The van der Waals surface area contributed by atoms with Gasteiger partial charge in [-0.05, 0) is 37.1 Å². The zero-order valence-electron chi connectivity index (χ0n) is 13.7. The zero-order chi connectivity index (χ0) is 17.4. The van der Waals surface area contributed by atoms with Crippen molar-refractivity contribution < 1.29 is 9.53 Å². The first-order valence-corrected chi connectivity index (χ1v) is 8.87. The topological polar surface area (TPSA) is 67.6 Å². The molecule has 3 N–H and O–H groups in total. The summed E-state index contributed by atoms with van der Waals surface area (Å²) in [6.07, 6.45) is 1.87. The Morgan fingerprint density at radius 3 is 2.96 bits per heavy atom. The normalized spacial score (nSPS) is 21.3. The average molecular weight is 358 g/mol. The van der Waals surface area contributed by atoms with Gasteiger partial charge in [-0.25, -0.2) is 0 Å². The van der Waals surface area contributed by atoms with Crippen LogP contribution in [0.1, 0.15) is 24.4 Å². The quantitative estimate of drug-likeness (QED) is 0.865. The third-order valence-corrected chi connectivity index (χ3v) is 5.09. The zero-order valence-corrected chi connectivity index (χ0v) is 14.5. The van der Waals surface area contributed by atoms with Gasteiger partial charge < -0.3 is 20.7 Å². The maximum atomic E-state index is 11.9. The van der Waals surface area contributed by atoms with E-state index in [0.29, 0.717) is 5.02 Å². The molecule has 1 amide bonds. The van der Waals surface area contributed by atoms with E-state index in [9.17, 15) is 4.79 Å². The van der Waals surface area contributed by atoms with Crippen molar-refractivity contribution >= 4 is 23.2 Å². The molecule has 0 spiro atoms. The lowest BCUT2D eigenvalue weighted by molar-refractivity contribution is -0.120. The molecule has 2 aromatic rings. The van der Waals surface area contributed by atoms with Gasteiger partial charge in [0.1, 0.15) is 5.75 Å². The number of ether oxygens (including phenoxy) is 1. The lowest BCUT2D eigenvalue weighted by Crippen LogP contribution is -2.51. The van der Waals surface area contributed by atoms with Crippen LogP contribution < -0.4 is 20.7 Å². The van der Waals surface area contributed by atoms with E-state index in [1.165, 1.54) is 0 Å². The van der Waals surface area contributed by atoms with E-state index in [2.05, 4.69) is 16.3 Å². The van der Waals surface area contributed by atoms with Crippen LogP contribution in [0.2, 0.25) is 5.02 Å². The van der Waals surface area contributed by atoms with Crippen molar-refractivity contribution in [1.29, 1.82) is 0 Å². The third-order valence-electron chi connectivity index (χ3n) is 4.85. The van der Waals surface area contributed by atoms with E-state index in [1.54, 1.807) is 0 Å². The van der Waals surface area contributed by atoms with Crippen LogP contribution in [-0.2, 0) is 4.79 Å². The van der Waals surface area contributed by atoms with Crippen molar-refractivity contribution in [3.63, 3.8) is 0 Å². The summed E-state index contributed by atoms with van der Waals surface area (Å²) in [4.78, 5) is 14.2. The van der Waals surface area contributed by atoms with E-state index in [0.717, 1.165) is 42.1 Å². The van der Waals surface area contributed by atoms with Crippen LogP contribution in [0.5, 0.6) is 11.5 Å². The first-order chi connectivity index (χ1) is 12.2. The van der Waals surface area contributed by atoms with E-state index >= 15 is 0 Å². The Morgan fingerprint density at radius 2 is 2.12 bits per heavy atom. The second-order valence-corrected chi connectivity index (χ2v) is 6.85. The number of benzene rings is 2. The molecule has 0 aliphatic carbocycles. The van der Waals surface area contributed by atoms with E-state index in [-0.39, 0.29) is 24.5 Å². The molecule has 1 fully saturated rings. The third kappa shape index (κ3) is 2.94. The molecule has 25 heavy (non-hydrogen) atoms. The van der Waals surface area contributed by atoms with Gasteiger partial charge in [0.15, 0.2) is 5.75 Å². The van der Waals surface area contributed by atoms with Crippen LogP contribution in [0.25, 0.3) is 0 Å². The Morgan fingerprint density at radius 1 is 1.28 bits per heavy atom. The van der Waals surface area contributed by atoms with E-state index in [4.69, 9.17) is 22.1 Å². The molecule has 2 aromatic carbocycles. The number of rotatable bonds is 2. The maximum Gasteiger partial charge on any atom is 0.234 e. The number of halogens is 1.